The number of primary amides is 1. The second-order valence-electron chi connectivity index (χ2n) is 20.5. The highest BCUT2D eigenvalue weighted by Crippen LogP contribution is 2.32. The van der Waals surface area contributed by atoms with Crippen LogP contribution in [0, 0.1) is 11.8 Å². The summed E-state index contributed by atoms with van der Waals surface area (Å²) in [7, 11) is 0. The first-order chi connectivity index (χ1) is 32.4. The number of rotatable bonds is 6. The summed E-state index contributed by atoms with van der Waals surface area (Å²) in [6.45, 7) is 14.2. The molecule has 0 saturated heterocycles. The van der Waals surface area contributed by atoms with Crippen LogP contribution in [-0.2, 0) is 43.1 Å². The molecule has 6 N–H and O–H groups in total. The van der Waals surface area contributed by atoms with Gasteiger partial charge in [-0.3, -0.25) is 24.2 Å². The Labute approximate surface area is 421 Å². The van der Waals surface area contributed by atoms with Gasteiger partial charge in [0, 0.05) is 44.1 Å². The molecule has 0 radical (unpaired) electrons. The van der Waals surface area contributed by atoms with E-state index in [0.717, 1.165) is 61.8 Å². The van der Waals surface area contributed by atoms with Crippen LogP contribution in [0.3, 0.4) is 0 Å². The number of benzene rings is 3. The summed E-state index contributed by atoms with van der Waals surface area (Å²) in [6.07, 6.45) is 13.4. The molecule has 0 aromatic heterocycles. The zero-order chi connectivity index (χ0) is 49.4. The van der Waals surface area contributed by atoms with Crippen LogP contribution in [0.15, 0.2) is 72.8 Å². The van der Waals surface area contributed by atoms with E-state index in [1.54, 1.807) is 25.7 Å². The molecule has 8 rings (SSSR count). The van der Waals surface area contributed by atoms with Crippen molar-refractivity contribution in [3.8, 4) is 0 Å². The number of ether oxygens (including phenoxy) is 2. The Morgan fingerprint density at radius 2 is 1.10 bits per heavy atom. The molecule has 4 amide bonds. The zero-order valence-corrected chi connectivity index (χ0v) is 43.3. The summed E-state index contributed by atoms with van der Waals surface area (Å²) in [5.74, 6) is 0.153. The summed E-state index contributed by atoms with van der Waals surface area (Å²) in [5, 5.41) is 6.55. The first kappa shape index (κ1) is 56.9. The normalized spacial score (nSPS) is 20.1. The van der Waals surface area contributed by atoms with Crippen LogP contribution in [0.25, 0.3) is 0 Å². The number of carbonyl (C=O) groups is 5. The van der Waals surface area contributed by atoms with E-state index in [2.05, 4.69) is 41.0 Å². The molecular formula is C54H78Cl2N6O7. The van der Waals surface area contributed by atoms with E-state index >= 15 is 0 Å². The molecule has 2 saturated carbocycles. The Hall–Kier alpha value is -4.69. The number of hydrogen-bond acceptors (Lipinski definition) is 9. The van der Waals surface area contributed by atoms with Crippen molar-refractivity contribution in [1.82, 2.24) is 20.4 Å². The first-order valence-corrected chi connectivity index (χ1v) is 25.2. The molecule has 5 aliphatic rings. The third kappa shape index (κ3) is 17.3. The Bertz CT molecular complexity index is 2150. The van der Waals surface area contributed by atoms with Crippen molar-refractivity contribution in [3.05, 3.63) is 106 Å². The number of amides is 4. The summed E-state index contributed by atoms with van der Waals surface area (Å²) >= 11 is 5.32. The minimum absolute atomic E-state index is 0. The van der Waals surface area contributed by atoms with Crippen molar-refractivity contribution in [2.45, 2.75) is 154 Å². The fourth-order valence-electron chi connectivity index (χ4n) is 9.65. The van der Waals surface area contributed by atoms with Gasteiger partial charge in [-0.05, 0) is 138 Å². The number of nitrogens with two attached hydrogens (primary N) is 2. The van der Waals surface area contributed by atoms with E-state index < -0.39 is 29.2 Å². The number of fused-ring (bicyclic) bond motifs is 3. The summed E-state index contributed by atoms with van der Waals surface area (Å²) in [4.78, 5) is 62.2. The minimum Gasteiger partial charge on any atom is -0.444 e. The maximum Gasteiger partial charge on any atom is 0.411 e. The van der Waals surface area contributed by atoms with Crippen LogP contribution < -0.4 is 22.1 Å². The van der Waals surface area contributed by atoms with Gasteiger partial charge in [0.05, 0.1) is 6.04 Å². The third-order valence-electron chi connectivity index (χ3n) is 13.0. The average Bonchev–Trinajstić information content (AvgIpc) is 3.32. The molecule has 0 spiro atoms. The number of hydrogen-bond donors (Lipinski definition) is 4. The second-order valence-corrected chi connectivity index (χ2v) is 20.8. The van der Waals surface area contributed by atoms with Crippen LogP contribution in [0.4, 0.5) is 9.59 Å². The van der Waals surface area contributed by atoms with Crippen LogP contribution in [0.2, 0.25) is 0 Å². The molecule has 2 fully saturated rings. The van der Waals surface area contributed by atoms with Gasteiger partial charge < -0.3 is 31.6 Å². The van der Waals surface area contributed by atoms with Gasteiger partial charge >= 0.3 is 12.2 Å². The topological polar surface area (TPSA) is 186 Å². The number of nitrogens with one attached hydrogen (secondary N) is 2. The Morgan fingerprint density at radius 1 is 0.652 bits per heavy atom. The maximum atomic E-state index is 12.2. The lowest BCUT2D eigenvalue weighted by molar-refractivity contribution is -0.126. The van der Waals surface area contributed by atoms with Gasteiger partial charge in [-0.25, -0.2) is 9.59 Å². The van der Waals surface area contributed by atoms with Crippen molar-refractivity contribution >= 4 is 53.3 Å². The van der Waals surface area contributed by atoms with Crippen molar-refractivity contribution in [2.24, 2.45) is 23.3 Å². The quantitative estimate of drug-likeness (QED) is 0.175. The lowest BCUT2D eigenvalue weighted by atomic mass is 9.88. The molecule has 3 aliphatic heterocycles. The molecular weight excluding hydrogens is 916 g/mol. The fraction of sp³-hybridized carbons (Fsp3) is 0.574. The van der Waals surface area contributed by atoms with Gasteiger partial charge in [0.2, 0.25) is 17.1 Å². The monoisotopic (exact) mass is 993 g/mol. The van der Waals surface area contributed by atoms with Crippen molar-refractivity contribution in [2.75, 3.05) is 32.7 Å². The number of nitrogens with zero attached hydrogens (tertiary/aromatic N) is 2. The highest BCUT2D eigenvalue weighted by molar-refractivity contribution is 6.63. The predicted molar refractivity (Wildman–Crippen MR) is 275 cm³/mol. The maximum absolute atomic E-state index is 12.2. The largest absolute Gasteiger partial charge is 0.444 e. The SMILES string of the molecule is CC(C)(C)OC(=O)N1CCc2ccccc2[C@@H]1C(N)=O.CC(C)(C)OC(=O)N1CCc2ccccc2[C@@H]1CN.Cl.O=C(Cl)C1CCCCC1.O=C(NC[C@@H]1NCCc2ccccc21)C1CCCCC1. The Kier molecular flexibility index (Phi) is 22.3. The van der Waals surface area contributed by atoms with Crippen molar-refractivity contribution in [3.63, 3.8) is 0 Å². The third-order valence-corrected chi connectivity index (χ3v) is 13.4. The minimum atomic E-state index is -0.755. The van der Waals surface area contributed by atoms with Gasteiger partial charge in [-0.15, -0.1) is 12.4 Å². The smallest absolute Gasteiger partial charge is 0.411 e. The van der Waals surface area contributed by atoms with E-state index in [1.165, 1.54) is 60.1 Å². The molecule has 380 valence electrons. The Morgan fingerprint density at radius 3 is 1.59 bits per heavy atom. The zero-order valence-electron chi connectivity index (χ0n) is 41.7. The van der Waals surface area contributed by atoms with Gasteiger partial charge in [-0.2, -0.15) is 0 Å². The number of halogens is 2. The van der Waals surface area contributed by atoms with E-state index in [1.807, 2.05) is 63.2 Å². The highest BCUT2D eigenvalue weighted by Gasteiger charge is 2.37. The van der Waals surface area contributed by atoms with E-state index in [4.69, 9.17) is 32.5 Å². The molecule has 2 aliphatic carbocycles. The molecule has 69 heavy (non-hydrogen) atoms. The van der Waals surface area contributed by atoms with Crippen molar-refractivity contribution in [1.29, 1.82) is 0 Å². The summed E-state index contributed by atoms with van der Waals surface area (Å²) in [5.41, 5.74) is 17.3. The molecule has 3 aromatic rings. The van der Waals surface area contributed by atoms with Crippen molar-refractivity contribution < 1.29 is 33.4 Å². The molecule has 3 atom stereocenters. The molecule has 3 aromatic carbocycles. The van der Waals surface area contributed by atoms with E-state index in [-0.39, 0.29) is 53.6 Å². The van der Waals surface area contributed by atoms with Crippen LogP contribution in [0.1, 0.15) is 157 Å². The Balaban J connectivity index is 0.000000206. The fourth-order valence-corrected chi connectivity index (χ4v) is 9.87. The second kappa shape index (κ2) is 27.1. The van der Waals surface area contributed by atoms with Crippen LogP contribution in [-0.4, -0.2) is 83.0 Å². The van der Waals surface area contributed by atoms with Crippen LogP contribution in [0.5, 0.6) is 0 Å². The summed E-state index contributed by atoms with van der Waals surface area (Å²) < 4.78 is 10.8. The lowest BCUT2D eigenvalue weighted by Gasteiger charge is -2.37. The highest BCUT2D eigenvalue weighted by atomic mass is 35.5. The van der Waals surface area contributed by atoms with Gasteiger partial charge in [0.25, 0.3) is 0 Å². The molecule has 15 heteroatoms. The molecule has 0 bridgehead atoms. The average molecular weight is 994 g/mol. The van der Waals surface area contributed by atoms with E-state index in [0.29, 0.717) is 32.6 Å². The van der Waals surface area contributed by atoms with Gasteiger partial charge in [0.15, 0.2) is 0 Å². The standard InChI is InChI=1S/C17H24N2O.C15H20N2O3.C15H22N2O2.C7H11ClO.ClH/c20-17(14-7-2-1-3-8-14)19-12-16-15-9-5-4-6-13(15)10-11-18-16;1-15(2,3)20-14(19)17-9-8-10-6-4-5-7-11(10)12(17)13(16)18;1-15(2,3)19-14(18)17-9-8-11-6-4-5-7-12(11)13(17)10-16;8-7(9)6-4-2-1-3-5-6;/h4-6,9,14,16,18H,1-3,7-8,10-12H2,(H,19,20);4-7,12H,8-9H2,1-3H3,(H2,16,18);4-7,13H,8-10,16H2,1-3H3;6H,1-5H2;1H/t16-;12-;13-;;/m010../s1. The number of carbonyl (C=O) groups excluding carboxylic acids is 5. The molecule has 13 nitrogen and oxygen atoms in total. The predicted octanol–water partition coefficient (Wildman–Crippen LogP) is 9.81. The first-order valence-electron chi connectivity index (χ1n) is 24.8. The van der Waals surface area contributed by atoms with Gasteiger partial charge in [-0.1, -0.05) is 111 Å². The van der Waals surface area contributed by atoms with Crippen LogP contribution >= 0.6 is 24.0 Å². The molecule has 3 heterocycles. The summed E-state index contributed by atoms with van der Waals surface area (Å²) in [6, 6.07) is 23.7. The lowest BCUT2D eigenvalue weighted by Crippen LogP contribution is -2.47. The molecule has 0 unspecified atom stereocenters. The van der Waals surface area contributed by atoms with E-state index in [9.17, 15) is 24.0 Å². The van der Waals surface area contributed by atoms with Gasteiger partial charge in [0.1, 0.15) is 17.2 Å².